The summed E-state index contributed by atoms with van der Waals surface area (Å²) in [5.41, 5.74) is 1.62. The molecule has 1 aliphatic carbocycles. The summed E-state index contributed by atoms with van der Waals surface area (Å²) in [4.78, 5) is 12.3. The number of aryl methyl sites for hydroxylation is 1. The summed E-state index contributed by atoms with van der Waals surface area (Å²) >= 11 is 3.39. The van der Waals surface area contributed by atoms with Gasteiger partial charge in [0.2, 0.25) is 0 Å². The number of amides is 1. The average Bonchev–Trinajstić information content (AvgIpc) is 2.55. The van der Waals surface area contributed by atoms with Crippen molar-refractivity contribution in [3.63, 3.8) is 0 Å². The fraction of sp³-hybridized carbons (Fsp3) is 0.533. The van der Waals surface area contributed by atoms with Gasteiger partial charge in [0.15, 0.2) is 0 Å². The molecule has 0 saturated heterocycles. The second-order valence-corrected chi connectivity index (χ2v) is 6.16. The number of aliphatic hydroxyl groups excluding tert-OH is 1. The van der Waals surface area contributed by atoms with Gasteiger partial charge in [0, 0.05) is 10.0 Å². The maximum Gasteiger partial charge on any atom is 0.251 e. The number of hydrogen-bond acceptors (Lipinski definition) is 2. The van der Waals surface area contributed by atoms with Crippen molar-refractivity contribution in [1.82, 2.24) is 5.32 Å². The molecule has 2 rings (SSSR count). The Hall–Kier alpha value is -0.870. The Morgan fingerprint density at radius 3 is 2.79 bits per heavy atom. The van der Waals surface area contributed by atoms with Gasteiger partial charge in [-0.2, -0.15) is 0 Å². The van der Waals surface area contributed by atoms with Crippen molar-refractivity contribution in [3.8, 4) is 0 Å². The molecule has 1 saturated carbocycles. The van der Waals surface area contributed by atoms with Crippen molar-refractivity contribution in [2.75, 3.05) is 0 Å². The molecular formula is C15H20BrNO2. The van der Waals surface area contributed by atoms with Gasteiger partial charge in [0.25, 0.3) is 5.91 Å². The molecule has 2 unspecified atom stereocenters. The van der Waals surface area contributed by atoms with E-state index in [0.29, 0.717) is 5.56 Å². The van der Waals surface area contributed by atoms with Crippen LogP contribution in [0.4, 0.5) is 0 Å². The number of carbonyl (C=O) groups excluding carboxylic acids is 1. The van der Waals surface area contributed by atoms with Gasteiger partial charge in [0.05, 0.1) is 12.1 Å². The second-order valence-electron chi connectivity index (χ2n) is 5.24. The molecule has 0 bridgehead atoms. The molecule has 0 radical (unpaired) electrons. The Labute approximate surface area is 122 Å². The monoisotopic (exact) mass is 325 g/mol. The highest BCUT2D eigenvalue weighted by Crippen LogP contribution is 2.20. The molecule has 19 heavy (non-hydrogen) atoms. The van der Waals surface area contributed by atoms with Crippen LogP contribution in [0.5, 0.6) is 0 Å². The maximum absolute atomic E-state index is 12.3. The molecule has 104 valence electrons. The van der Waals surface area contributed by atoms with Crippen LogP contribution in [0.2, 0.25) is 0 Å². The molecule has 1 fully saturated rings. The van der Waals surface area contributed by atoms with Crippen LogP contribution >= 0.6 is 15.9 Å². The van der Waals surface area contributed by atoms with Gasteiger partial charge in [0.1, 0.15) is 0 Å². The van der Waals surface area contributed by atoms with Crippen molar-refractivity contribution in [3.05, 3.63) is 33.8 Å². The van der Waals surface area contributed by atoms with Crippen molar-refractivity contribution < 1.29 is 9.90 Å². The zero-order valence-electron chi connectivity index (χ0n) is 11.2. The molecule has 2 N–H and O–H groups in total. The Kier molecular flexibility index (Phi) is 4.99. The number of benzene rings is 1. The molecule has 4 heteroatoms. The number of rotatable bonds is 2. The van der Waals surface area contributed by atoms with Crippen LogP contribution in [0.15, 0.2) is 22.7 Å². The predicted octanol–water partition coefficient (Wildman–Crippen LogP) is 3.18. The van der Waals surface area contributed by atoms with E-state index in [-0.39, 0.29) is 11.9 Å². The standard InChI is InChI=1S/C15H20BrNO2/c1-10-9-11(16)7-8-12(10)15(19)17-13-5-3-2-4-6-14(13)18/h7-9,13-14,18H,2-6H2,1H3,(H,17,19). The van der Waals surface area contributed by atoms with Gasteiger partial charge in [-0.05, 0) is 43.5 Å². The van der Waals surface area contributed by atoms with Crippen LogP contribution in [-0.4, -0.2) is 23.2 Å². The summed E-state index contributed by atoms with van der Waals surface area (Å²) in [6.07, 6.45) is 4.49. The van der Waals surface area contributed by atoms with Crippen LogP contribution < -0.4 is 5.32 Å². The summed E-state index contributed by atoms with van der Waals surface area (Å²) in [6.45, 7) is 1.92. The zero-order valence-corrected chi connectivity index (χ0v) is 12.7. The van der Waals surface area contributed by atoms with Crippen LogP contribution in [0.3, 0.4) is 0 Å². The Bertz CT molecular complexity index is 461. The van der Waals surface area contributed by atoms with Crippen LogP contribution in [0.25, 0.3) is 0 Å². The van der Waals surface area contributed by atoms with Gasteiger partial charge in [-0.25, -0.2) is 0 Å². The minimum Gasteiger partial charge on any atom is -0.391 e. The molecule has 1 aromatic rings. The topological polar surface area (TPSA) is 49.3 Å². The molecule has 1 aliphatic rings. The van der Waals surface area contributed by atoms with Gasteiger partial charge in [-0.3, -0.25) is 4.79 Å². The van der Waals surface area contributed by atoms with Crippen LogP contribution in [0.1, 0.15) is 48.0 Å². The normalized spacial score (nSPS) is 23.7. The fourth-order valence-electron chi connectivity index (χ4n) is 2.58. The highest BCUT2D eigenvalue weighted by molar-refractivity contribution is 9.10. The summed E-state index contributed by atoms with van der Waals surface area (Å²) in [7, 11) is 0. The first kappa shape index (κ1) is 14.5. The Morgan fingerprint density at radius 2 is 2.05 bits per heavy atom. The third-order valence-corrected chi connectivity index (χ3v) is 4.22. The van der Waals surface area contributed by atoms with E-state index in [9.17, 15) is 9.90 Å². The predicted molar refractivity (Wildman–Crippen MR) is 79.2 cm³/mol. The minimum atomic E-state index is -0.415. The van der Waals surface area contributed by atoms with E-state index in [0.717, 1.165) is 42.1 Å². The quantitative estimate of drug-likeness (QED) is 0.820. The first-order valence-corrected chi connectivity index (χ1v) is 7.62. The Balaban J connectivity index is 2.07. The third kappa shape index (κ3) is 3.80. The number of aliphatic hydroxyl groups is 1. The molecule has 0 heterocycles. The third-order valence-electron chi connectivity index (χ3n) is 3.73. The Morgan fingerprint density at radius 1 is 1.32 bits per heavy atom. The molecule has 1 aromatic carbocycles. The number of halogens is 1. The van der Waals surface area contributed by atoms with E-state index in [1.807, 2.05) is 25.1 Å². The summed E-state index contributed by atoms with van der Waals surface area (Å²) < 4.78 is 0.969. The average molecular weight is 326 g/mol. The largest absolute Gasteiger partial charge is 0.391 e. The summed E-state index contributed by atoms with van der Waals surface area (Å²) in [6, 6.07) is 5.50. The molecule has 2 atom stereocenters. The summed E-state index contributed by atoms with van der Waals surface area (Å²) in [5, 5.41) is 13.0. The first-order chi connectivity index (χ1) is 9.08. The minimum absolute atomic E-state index is 0.0871. The highest BCUT2D eigenvalue weighted by atomic mass is 79.9. The van der Waals surface area contributed by atoms with Crippen LogP contribution in [0, 0.1) is 6.92 Å². The number of hydrogen-bond donors (Lipinski definition) is 2. The van der Waals surface area contributed by atoms with Crippen molar-refractivity contribution in [1.29, 1.82) is 0 Å². The van der Waals surface area contributed by atoms with Crippen molar-refractivity contribution in [2.45, 2.75) is 51.2 Å². The van der Waals surface area contributed by atoms with E-state index in [1.165, 1.54) is 0 Å². The molecule has 0 aliphatic heterocycles. The maximum atomic E-state index is 12.3. The molecule has 0 aromatic heterocycles. The van der Waals surface area contributed by atoms with Gasteiger partial charge >= 0.3 is 0 Å². The smallest absolute Gasteiger partial charge is 0.251 e. The lowest BCUT2D eigenvalue weighted by atomic mass is 10.0. The van der Waals surface area contributed by atoms with Gasteiger partial charge in [-0.1, -0.05) is 35.2 Å². The lowest BCUT2D eigenvalue weighted by molar-refractivity contribution is 0.0818. The van der Waals surface area contributed by atoms with Crippen LogP contribution in [-0.2, 0) is 0 Å². The number of carbonyl (C=O) groups is 1. The van der Waals surface area contributed by atoms with E-state index < -0.39 is 6.10 Å². The van der Waals surface area contributed by atoms with E-state index in [2.05, 4.69) is 21.2 Å². The molecule has 3 nitrogen and oxygen atoms in total. The molecular weight excluding hydrogens is 306 g/mol. The lowest BCUT2D eigenvalue weighted by Crippen LogP contribution is -2.42. The number of nitrogens with one attached hydrogen (secondary N) is 1. The fourth-order valence-corrected chi connectivity index (χ4v) is 3.06. The SMILES string of the molecule is Cc1cc(Br)ccc1C(=O)NC1CCCCCC1O. The first-order valence-electron chi connectivity index (χ1n) is 6.83. The van der Waals surface area contributed by atoms with Crippen molar-refractivity contribution >= 4 is 21.8 Å². The van der Waals surface area contributed by atoms with Gasteiger partial charge in [-0.15, -0.1) is 0 Å². The van der Waals surface area contributed by atoms with E-state index in [4.69, 9.17) is 0 Å². The van der Waals surface area contributed by atoms with Crippen molar-refractivity contribution in [2.24, 2.45) is 0 Å². The van der Waals surface area contributed by atoms with Gasteiger partial charge < -0.3 is 10.4 Å². The second kappa shape index (κ2) is 6.53. The van der Waals surface area contributed by atoms with E-state index >= 15 is 0 Å². The highest BCUT2D eigenvalue weighted by Gasteiger charge is 2.24. The summed E-state index contributed by atoms with van der Waals surface area (Å²) in [5.74, 6) is -0.0871. The zero-order chi connectivity index (χ0) is 13.8. The molecule has 0 spiro atoms. The molecule has 1 amide bonds. The lowest BCUT2D eigenvalue weighted by Gasteiger charge is -2.22. The van der Waals surface area contributed by atoms with E-state index in [1.54, 1.807) is 0 Å².